The van der Waals surface area contributed by atoms with E-state index in [0.29, 0.717) is 11.3 Å². The lowest BCUT2D eigenvalue weighted by Gasteiger charge is -2.11. The molecule has 0 amide bonds. The molecular weight excluding hydrogens is 240 g/mol. The van der Waals surface area contributed by atoms with E-state index in [-0.39, 0.29) is 0 Å². The zero-order valence-corrected chi connectivity index (χ0v) is 11.0. The molecule has 0 spiro atoms. The summed E-state index contributed by atoms with van der Waals surface area (Å²) in [6.07, 6.45) is -1.26. The normalized spacial score (nSPS) is 11.9. The molecule has 2 aromatic carbocycles. The van der Waals surface area contributed by atoms with Crippen molar-refractivity contribution in [3.8, 4) is 5.75 Å². The van der Waals surface area contributed by atoms with Crippen molar-refractivity contribution in [3.05, 3.63) is 65.2 Å². The molecule has 1 unspecified atom stereocenters. The number of benzene rings is 2. The molecule has 0 bridgehead atoms. The monoisotopic (exact) mass is 256 g/mol. The van der Waals surface area contributed by atoms with E-state index in [2.05, 4.69) is 0 Å². The van der Waals surface area contributed by atoms with Gasteiger partial charge in [-0.1, -0.05) is 36.4 Å². The molecule has 98 valence electrons. The molecule has 1 atom stereocenters. The number of aryl methyl sites for hydroxylation is 2. The van der Waals surface area contributed by atoms with E-state index >= 15 is 0 Å². The number of hydrogen-bond acceptors (Lipinski definition) is 3. The lowest BCUT2D eigenvalue weighted by molar-refractivity contribution is -0.144. The highest BCUT2D eigenvalue weighted by molar-refractivity contribution is 5.78. The van der Waals surface area contributed by atoms with Crippen LogP contribution in [0.15, 0.2) is 48.5 Å². The second-order valence-corrected chi connectivity index (χ2v) is 4.56. The van der Waals surface area contributed by atoms with Gasteiger partial charge in [-0.05, 0) is 42.7 Å². The zero-order valence-electron chi connectivity index (χ0n) is 11.0. The minimum Gasteiger partial charge on any atom is -0.424 e. The quantitative estimate of drug-likeness (QED) is 0.678. The van der Waals surface area contributed by atoms with Gasteiger partial charge in [-0.25, -0.2) is 4.79 Å². The number of esters is 1. The summed E-state index contributed by atoms with van der Waals surface area (Å²) in [5, 5.41) is 9.91. The average molecular weight is 256 g/mol. The van der Waals surface area contributed by atoms with Crippen LogP contribution in [0.4, 0.5) is 0 Å². The number of carbonyl (C=O) groups is 1. The Hall–Kier alpha value is -2.13. The van der Waals surface area contributed by atoms with E-state index in [4.69, 9.17) is 4.74 Å². The Labute approximate surface area is 112 Å². The second kappa shape index (κ2) is 5.67. The standard InChI is InChI=1S/C16H16O3/c1-11-8-12(2)10-14(9-11)19-16(18)15(17)13-6-4-3-5-7-13/h3-10,15,17H,1-2H3. The Kier molecular flexibility index (Phi) is 3.97. The van der Waals surface area contributed by atoms with Gasteiger partial charge in [0.05, 0.1) is 0 Å². The molecule has 0 aliphatic carbocycles. The Balaban J connectivity index is 2.13. The van der Waals surface area contributed by atoms with Crippen molar-refractivity contribution < 1.29 is 14.6 Å². The van der Waals surface area contributed by atoms with E-state index in [1.54, 1.807) is 36.4 Å². The van der Waals surface area contributed by atoms with Gasteiger partial charge in [-0.3, -0.25) is 0 Å². The van der Waals surface area contributed by atoms with Gasteiger partial charge in [0.25, 0.3) is 0 Å². The van der Waals surface area contributed by atoms with Crippen molar-refractivity contribution in [1.29, 1.82) is 0 Å². The van der Waals surface area contributed by atoms with Crippen LogP contribution in [0, 0.1) is 13.8 Å². The topological polar surface area (TPSA) is 46.5 Å². The number of ether oxygens (including phenoxy) is 1. The summed E-state index contributed by atoms with van der Waals surface area (Å²) in [7, 11) is 0. The highest BCUT2D eigenvalue weighted by Gasteiger charge is 2.19. The minimum absolute atomic E-state index is 0.456. The summed E-state index contributed by atoms with van der Waals surface area (Å²) < 4.78 is 5.20. The maximum Gasteiger partial charge on any atom is 0.345 e. The van der Waals surface area contributed by atoms with Crippen LogP contribution in [0.1, 0.15) is 22.8 Å². The highest BCUT2D eigenvalue weighted by atomic mass is 16.5. The van der Waals surface area contributed by atoms with Crippen LogP contribution in [-0.2, 0) is 4.79 Å². The third-order valence-corrected chi connectivity index (χ3v) is 2.75. The van der Waals surface area contributed by atoms with Gasteiger partial charge in [0.1, 0.15) is 5.75 Å². The fourth-order valence-electron chi connectivity index (χ4n) is 1.94. The molecule has 0 aromatic heterocycles. The maximum absolute atomic E-state index is 11.9. The third kappa shape index (κ3) is 3.42. The SMILES string of the molecule is Cc1cc(C)cc(OC(=O)C(O)c2ccccc2)c1. The number of rotatable bonds is 3. The van der Waals surface area contributed by atoms with Gasteiger partial charge in [-0.2, -0.15) is 0 Å². The van der Waals surface area contributed by atoms with Crippen LogP contribution in [0.5, 0.6) is 5.75 Å². The summed E-state index contributed by atoms with van der Waals surface area (Å²) in [6, 6.07) is 14.3. The third-order valence-electron chi connectivity index (χ3n) is 2.75. The van der Waals surface area contributed by atoms with Crippen molar-refractivity contribution in [3.63, 3.8) is 0 Å². The number of aliphatic hydroxyl groups excluding tert-OH is 1. The number of carbonyl (C=O) groups excluding carboxylic acids is 1. The maximum atomic E-state index is 11.9. The Morgan fingerprint density at radius 1 is 1.05 bits per heavy atom. The number of hydrogen-bond donors (Lipinski definition) is 1. The smallest absolute Gasteiger partial charge is 0.345 e. The molecule has 19 heavy (non-hydrogen) atoms. The molecule has 3 heteroatoms. The van der Waals surface area contributed by atoms with Crippen LogP contribution < -0.4 is 4.74 Å². The molecule has 0 radical (unpaired) electrons. The predicted molar refractivity (Wildman–Crippen MR) is 73.0 cm³/mol. The summed E-state index contributed by atoms with van der Waals surface area (Å²) in [5.74, 6) is -0.214. The Morgan fingerprint density at radius 3 is 2.21 bits per heavy atom. The summed E-state index contributed by atoms with van der Waals surface area (Å²) in [5.41, 5.74) is 2.55. The molecule has 1 N–H and O–H groups in total. The second-order valence-electron chi connectivity index (χ2n) is 4.56. The van der Waals surface area contributed by atoms with Gasteiger partial charge < -0.3 is 9.84 Å². The molecular formula is C16H16O3. The first-order valence-electron chi connectivity index (χ1n) is 6.09. The molecule has 0 heterocycles. The van der Waals surface area contributed by atoms with Gasteiger partial charge in [0.2, 0.25) is 0 Å². The van der Waals surface area contributed by atoms with Crippen molar-refractivity contribution in [1.82, 2.24) is 0 Å². The fourth-order valence-corrected chi connectivity index (χ4v) is 1.94. The number of aliphatic hydroxyl groups is 1. The van der Waals surface area contributed by atoms with Crippen LogP contribution in [0.2, 0.25) is 0 Å². The van der Waals surface area contributed by atoms with Crippen molar-refractivity contribution in [2.45, 2.75) is 20.0 Å². The highest BCUT2D eigenvalue weighted by Crippen LogP contribution is 2.20. The first-order valence-corrected chi connectivity index (χ1v) is 6.09. The first kappa shape index (κ1) is 13.3. The molecule has 0 aliphatic heterocycles. The largest absolute Gasteiger partial charge is 0.424 e. The van der Waals surface area contributed by atoms with Crippen LogP contribution >= 0.6 is 0 Å². The molecule has 2 rings (SSSR count). The molecule has 0 fully saturated rings. The van der Waals surface area contributed by atoms with Gasteiger partial charge in [-0.15, -0.1) is 0 Å². The van der Waals surface area contributed by atoms with Crippen LogP contribution in [0.25, 0.3) is 0 Å². The molecule has 3 nitrogen and oxygen atoms in total. The van der Waals surface area contributed by atoms with E-state index in [9.17, 15) is 9.90 Å². The Bertz CT molecular complexity index is 556. The van der Waals surface area contributed by atoms with Crippen molar-refractivity contribution >= 4 is 5.97 Å². The van der Waals surface area contributed by atoms with E-state index in [1.165, 1.54) is 0 Å². The lowest BCUT2D eigenvalue weighted by Crippen LogP contribution is -2.18. The van der Waals surface area contributed by atoms with Crippen LogP contribution in [-0.4, -0.2) is 11.1 Å². The predicted octanol–water partition coefficient (Wildman–Crippen LogP) is 2.94. The summed E-state index contributed by atoms with van der Waals surface area (Å²) in [4.78, 5) is 11.9. The summed E-state index contributed by atoms with van der Waals surface area (Å²) in [6.45, 7) is 3.86. The zero-order chi connectivity index (χ0) is 13.8. The van der Waals surface area contributed by atoms with Crippen molar-refractivity contribution in [2.24, 2.45) is 0 Å². The van der Waals surface area contributed by atoms with Gasteiger partial charge >= 0.3 is 5.97 Å². The van der Waals surface area contributed by atoms with Crippen molar-refractivity contribution in [2.75, 3.05) is 0 Å². The lowest BCUT2D eigenvalue weighted by atomic mass is 10.1. The molecule has 2 aromatic rings. The molecule has 0 saturated heterocycles. The van der Waals surface area contributed by atoms with Crippen LogP contribution in [0.3, 0.4) is 0 Å². The van der Waals surface area contributed by atoms with Gasteiger partial charge in [0, 0.05) is 0 Å². The molecule has 0 aliphatic rings. The summed E-state index contributed by atoms with van der Waals surface area (Å²) >= 11 is 0. The average Bonchev–Trinajstić information content (AvgIpc) is 2.37. The Morgan fingerprint density at radius 2 is 1.63 bits per heavy atom. The first-order chi connectivity index (χ1) is 9.06. The minimum atomic E-state index is -1.26. The van der Waals surface area contributed by atoms with E-state index < -0.39 is 12.1 Å². The molecule has 0 saturated carbocycles. The van der Waals surface area contributed by atoms with E-state index in [1.807, 2.05) is 26.0 Å². The van der Waals surface area contributed by atoms with E-state index in [0.717, 1.165) is 11.1 Å². The fraction of sp³-hybridized carbons (Fsp3) is 0.188. The van der Waals surface area contributed by atoms with Gasteiger partial charge in [0.15, 0.2) is 6.10 Å².